The zero-order valence-corrected chi connectivity index (χ0v) is 11.4. The molecule has 1 heterocycles. The molecule has 1 N–H and O–H groups in total. The van der Waals surface area contributed by atoms with Gasteiger partial charge in [-0.25, -0.2) is 4.98 Å². The van der Waals surface area contributed by atoms with E-state index in [9.17, 15) is 0 Å². The predicted molar refractivity (Wildman–Crippen MR) is 76.7 cm³/mol. The Hall–Kier alpha value is -2.10. The van der Waals surface area contributed by atoms with E-state index in [1.54, 1.807) is 19.3 Å². The van der Waals surface area contributed by atoms with E-state index in [1.807, 2.05) is 12.1 Å². The molecule has 0 aliphatic carbocycles. The lowest BCUT2D eigenvalue weighted by Crippen LogP contribution is -1.97. The molecule has 0 unspecified atom stereocenters. The van der Waals surface area contributed by atoms with Crippen molar-refractivity contribution in [2.45, 2.75) is 26.2 Å². The highest BCUT2D eigenvalue weighted by atomic mass is 16.5. The number of ether oxygens (including phenoxy) is 1. The van der Waals surface area contributed by atoms with E-state index in [0.717, 1.165) is 12.2 Å². The van der Waals surface area contributed by atoms with E-state index in [4.69, 9.17) is 4.74 Å². The lowest BCUT2D eigenvalue weighted by molar-refractivity contribution is 0.462. The maximum Gasteiger partial charge on any atom is 0.225 e. The van der Waals surface area contributed by atoms with E-state index in [0.29, 0.717) is 11.8 Å². The predicted octanol–water partition coefficient (Wildman–Crippen LogP) is 3.65. The monoisotopic (exact) mass is 257 g/mol. The highest BCUT2D eigenvalue weighted by Gasteiger charge is 2.01. The standard InChI is InChI=1S/C15H19N3O/c1-3-4-5-12-6-8-13(9-7-12)19-14-10-11-17-15(16-2)18-14/h6-11H,3-5H2,1-2H3,(H,16,17,18). The SMILES string of the molecule is CCCCc1ccc(Oc2ccnc(NC)n2)cc1. The van der Waals surface area contributed by atoms with Gasteiger partial charge in [0, 0.05) is 19.3 Å². The van der Waals surface area contributed by atoms with Crippen LogP contribution in [0.3, 0.4) is 0 Å². The molecule has 4 heteroatoms. The second-order valence-corrected chi connectivity index (χ2v) is 4.32. The summed E-state index contributed by atoms with van der Waals surface area (Å²) in [5.41, 5.74) is 1.34. The second-order valence-electron chi connectivity index (χ2n) is 4.32. The van der Waals surface area contributed by atoms with Gasteiger partial charge in [-0.05, 0) is 30.5 Å². The number of hydrogen-bond donors (Lipinski definition) is 1. The lowest BCUT2D eigenvalue weighted by atomic mass is 10.1. The normalized spacial score (nSPS) is 10.2. The third-order valence-corrected chi connectivity index (χ3v) is 2.82. The van der Waals surface area contributed by atoms with E-state index in [1.165, 1.54) is 18.4 Å². The number of unbranched alkanes of at least 4 members (excludes halogenated alkanes) is 1. The average molecular weight is 257 g/mol. The summed E-state index contributed by atoms with van der Waals surface area (Å²) in [6.45, 7) is 2.20. The number of anilines is 1. The Kier molecular flexibility index (Phi) is 4.72. The molecule has 0 atom stereocenters. The zero-order chi connectivity index (χ0) is 13.5. The molecule has 0 spiro atoms. The Bertz CT molecular complexity index is 511. The van der Waals surface area contributed by atoms with Crippen LogP contribution >= 0.6 is 0 Å². The molecule has 2 aromatic rings. The minimum absolute atomic E-state index is 0.542. The minimum Gasteiger partial charge on any atom is -0.439 e. The summed E-state index contributed by atoms with van der Waals surface area (Å²) in [4.78, 5) is 8.26. The Morgan fingerprint density at radius 1 is 1.16 bits per heavy atom. The van der Waals surface area contributed by atoms with Crippen LogP contribution in [0.5, 0.6) is 11.6 Å². The lowest BCUT2D eigenvalue weighted by Gasteiger charge is -2.06. The quantitative estimate of drug-likeness (QED) is 0.858. The van der Waals surface area contributed by atoms with E-state index in [2.05, 4.69) is 34.3 Å². The molecule has 100 valence electrons. The largest absolute Gasteiger partial charge is 0.439 e. The third kappa shape index (κ3) is 3.95. The van der Waals surface area contributed by atoms with Crippen molar-refractivity contribution < 1.29 is 4.74 Å². The van der Waals surface area contributed by atoms with Gasteiger partial charge in [0.15, 0.2) is 0 Å². The molecule has 0 saturated heterocycles. The van der Waals surface area contributed by atoms with Crippen LogP contribution in [0.15, 0.2) is 36.5 Å². The molecule has 4 nitrogen and oxygen atoms in total. The van der Waals surface area contributed by atoms with Gasteiger partial charge in [0.1, 0.15) is 5.75 Å². The molecule has 2 rings (SSSR count). The second kappa shape index (κ2) is 6.73. The van der Waals surface area contributed by atoms with Crippen molar-refractivity contribution in [3.05, 3.63) is 42.1 Å². The smallest absolute Gasteiger partial charge is 0.225 e. The van der Waals surface area contributed by atoms with Gasteiger partial charge < -0.3 is 10.1 Å². The first-order valence-corrected chi connectivity index (χ1v) is 6.59. The molecule has 0 aliphatic heterocycles. The van der Waals surface area contributed by atoms with Crippen molar-refractivity contribution in [2.75, 3.05) is 12.4 Å². The van der Waals surface area contributed by atoms with Crippen LogP contribution in [0.4, 0.5) is 5.95 Å². The zero-order valence-electron chi connectivity index (χ0n) is 11.4. The molecule has 1 aromatic heterocycles. The molecule has 0 radical (unpaired) electrons. The Morgan fingerprint density at radius 2 is 1.95 bits per heavy atom. The van der Waals surface area contributed by atoms with E-state index in [-0.39, 0.29) is 0 Å². The fourth-order valence-electron chi connectivity index (χ4n) is 1.75. The van der Waals surface area contributed by atoms with Crippen molar-refractivity contribution in [2.24, 2.45) is 0 Å². The number of aryl methyl sites for hydroxylation is 1. The van der Waals surface area contributed by atoms with Crippen molar-refractivity contribution in [3.63, 3.8) is 0 Å². The number of rotatable bonds is 6. The highest BCUT2D eigenvalue weighted by molar-refractivity contribution is 5.32. The Labute approximate surface area is 113 Å². The third-order valence-electron chi connectivity index (χ3n) is 2.82. The van der Waals surface area contributed by atoms with Gasteiger partial charge in [-0.3, -0.25) is 0 Å². The maximum atomic E-state index is 5.69. The van der Waals surface area contributed by atoms with Crippen LogP contribution < -0.4 is 10.1 Å². The molecule has 0 fully saturated rings. The number of nitrogens with one attached hydrogen (secondary N) is 1. The first-order chi connectivity index (χ1) is 9.31. The molecule has 19 heavy (non-hydrogen) atoms. The van der Waals surface area contributed by atoms with Gasteiger partial charge in [-0.2, -0.15) is 4.98 Å². The van der Waals surface area contributed by atoms with Crippen molar-refractivity contribution in [1.82, 2.24) is 9.97 Å². The van der Waals surface area contributed by atoms with Crippen LogP contribution in [-0.2, 0) is 6.42 Å². The fourth-order valence-corrected chi connectivity index (χ4v) is 1.75. The number of aromatic nitrogens is 2. The van der Waals surface area contributed by atoms with Gasteiger partial charge in [0.05, 0.1) is 0 Å². The average Bonchev–Trinajstić information content (AvgIpc) is 2.47. The summed E-state index contributed by atoms with van der Waals surface area (Å²) in [6, 6.07) is 9.90. The highest BCUT2D eigenvalue weighted by Crippen LogP contribution is 2.20. The van der Waals surface area contributed by atoms with Crippen LogP contribution in [0.25, 0.3) is 0 Å². The summed E-state index contributed by atoms with van der Waals surface area (Å²) >= 11 is 0. The van der Waals surface area contributed by atoms with Gasteiger partial charge in [0.25, 0.3) is 0 Å². The van der Waals surface area contributed by atoms with Gasteiger partial charge >= 0.3 is 0 Å². The van der Waals surface area contributed by atoms with Crippen LogP contribution in [0, 0.1) is 0 Å². The van der Waals surface area contributed by atoms with Crippen molar-refractivity contribution in [1.29, 1.82) is 0 Å². The molecule has 0 bridgehead atoms. The molecular formula is C15H19N3O. The van der Waals surface area contributed by atoms with E-state index >= 15 is 0 Å². The number of nitrogens with zero attached hydrogens (tertiary/aromatic N) is 2. The molecule has 0 saturated carbocycles. The summed E-state index contributed by atoms with van der Waals surface area (Å²) in [7, 11) is 1.78. The van der Waals surface area contributed by atoms with Gasteiger partial charge in [-0.15, -0.1) is 0 Å². The van der Waals surface area contributed by atoms with Crippen molar-refractivity contribution >= 4 is 5.95 Å². The molecular weight excluding hydrogens is 238 g/mol. The Morgan fingerprint density at radius 3 is 2.63 bits per heavy atom. The van der Waals surface area contributed by atoms with Crippen LogP contribution in [0.2, 0.25) is 0 Å². The van der Waals surface area contributed by atoms with Crippen LogP contribution in [0.1, 0.15) is 25.3 Å². The first-order valence-electron chi connectivity index (χ1n) is 6.59. The fraction of sp³-hybridized carbons (Fsp3) is 0.333. The maximum absolute atomic E-state index is 5.69. The topological polar surface area (TPSA) is 47.0 Å². The number of hydrogen-bond acceptors (Lipinski definition) is 4. The van der Waals surface area contributed by atoms with E-state index < -0.39 is 0 Å². The Balaban J connectivity index is 2.02. The summed E-state index contributed by atoms with van der Waals surface area (Å²) < 4.78 is 5.69. The molecule has 0 aliphatic rings. The number of benzene rings is 1. The minimum atomic E-state index is 0.542. The molecule has 0 amide bonds. The van der Waals surface area contributed by atoms with Crippen LogP contribution in [-0.4, -0.2) is 17.0 Å². The summed E-state index contributed by atoms with van der Waals surface area (Å²) in [5.74, 6) is 1.89. The molecule has 1 aromatic carbocycles. The summed E-state index contributed by atoms with van der Waals surface area (Å²) in [6.07, 6.45) is 5.22. The summed E-state index contributed by atoms with van der Waals surface area (Å²) in [5, 5.41) is 2.88. The first kappa shape index (κ1) is 13.3. The van der Waals surface area contributed by atoms with Gasteiger partial charge in [0.2, 0.25) is 11.8 Å². The van der Waals surface area contributed by atoms with Crippen molar-refractivity contribution in [3.8, 4) is 11.6 Å². The van der Waals surface area contributed by atoms with Gasteiger partial charge in [-0.1, -0.05) is 25.5 Å².